The predicted octanol–water partition coefficient (Wildman–Crippen LogP) is 2.54. The van der Waals surface area contributed by atoms with Crippen LogP contribution in [0.3, 0.4) is 0 Å². The van der Waals surface area contributed by atoms with Crippen molar-refractivity contribution in [2.24, 2.45) is 0 Å². The van der Waals surface area contributed by atoms with E-state index in [1.165, 1.54) is 0 Å². The molecule has 0 aliphatic carbocycles. The highest BCUT2D eigenvalue weighted by atomic mass is 16.5. The van der Waals surface area contributed by atoms with E-state index < -0.39 is 5.60 Å². The van der Waals surface area contributed by atoms with Gasteiger partial charge in [-0.3, -0.25) is 4.79 Å². The molecule has 6 nitrogen and oxygen atoms in total. The highest BCUT2D eigenvalue weighted by molar-refractivity contribution is 5.85. The normalized spacial score (nSPS) is 22.7. The first kappa shape index (κ1) is 16.1. The third-order valence-electron chi connectivity index (χ3n) is 5.13. The average Bonchev–Trinajstić information content (AvgIpc) is 3.27. The number of methoxy groups -OCH3 is 1. The van der Waals surface area contributed by atoms with E-state index in [-0.39, 0.29) is 5.91 Å². The molecule has 0 saturated carbocycles. The Kier molecular flexibility index (Phi) is 4.00. The number of ether oxygens (including phenoxy) is 2. The number of hydrogen-bond acceptors (Lipinski definition) is 4. The van der Waals surface area contributed by atoms with Gasteiger partial charge in [-0.05, 0) is 31.9 Å². The van der Waals surface area contributed by atoms with Crippen molar-refractivity contribution < 1.29 is 14.3 Å². The number of aromatic amines is 1. The summed E-state index contributed by atoms with van der Waals surface area (Å²) in [5, 5.41) is 0. The maximum Gasteiger partial charge on any atom is 0.254 e. The summed E-state index contributed by atoms with van der Waals surface area (Å²) in [6.07, 6.45) is 2.51. The van der Waals surface area contributed by atoms with Crippen molar-refractivity contribution in [3.8, 4) is 17.1 Å². The van der Waals surface area contributed by atoms with Crippen LogP contribution in [0.25, 0.3) is 11.4 Å². The molecule has 2 aromatic rings. The lowest BCUT2D eigenvalue weighted by molar-refractivity contribution is -0.152. The van der Waals surface area contributed by atoms with Gasteiger partial charge in [0.1, 0.15) is 17.2 Å². The van der Waals surface area contributed by atoms with E-state index in [2.05, 4.69) is 4.98 Å². The minimum Gasteiger partial charge on any atom is -0.497 e. The van der Waals surface area contributed by atoms with Crippen LogP contribution in [0.2, 0.25) is 0 Å². The SMILES string of the molecule is COc1cccc(-c2nc3c([nH]2)CN(C(=O)[C@]2(C)CCCO2)CC3)c1. The molecule has 0 spiro atoms. The van der Waals surface area contributed by atoms with Crippen molar-refractivity contribution in [3.05, 3.63) is 35.7 Å². The first-order chi connectivity index (χ1) is 12.1. The molecule has 0 unspecified atom stereocenters. The zero-order chi connectivity index (χ0) is 17.4. The Balaban J connectivity index is 1.56. The lowest BCUT2D eigenvalue weighted by Gasteiger charge is -2.33. The third kappa shape index (κ3) is 2.91. The lowest BCUT2D eigenvalue weighted by Crippen LogP contribution is -2.48. The molecule has 1 aromatic heterocycles. The Bertz CT molecular complexity index is 793. The number of hydrogen-bond donors (Lipinski definition) is 1. The number of imidazole rings is 1. The van der Waals surface area contributed by atoms with Crippen LogP contribution >= 0.6 is 0 Å². The van der Waals surface area contributed by atoms with Crippen molar-refractivity contribution in [2.45, 2.75) is 38.3 Å². The minimum absolute atomic E-state index is 0.0909. The molecule has 6 heteroatoms. The second kappa shape index (κ2) is 6.19. The number of benzene rings is 1. The zero-order valence-corrected chi connectivity index (χ0v) is 14.7. The summed E-state index contributed by atoms with van der Waals surface area (Å²) in [5.74, 6) is 1.71. The molecule has 25 heavy (non-hydrogen) atoms. The molecular weight excluding hydrogens is 318 g/mol. The molecular formula is C19H23N3O3. The molecule has 1 atom stereocenters. The Morgan fingerprint density at radius 1 is 1.44 bits per heavy atom. The van der Waals surface area contributed by atoms with E-state index in [1.807, 2.05) is 36.1 Å². The molecule has 3 heterocycles. The summed E-state index contributed by atoms with van der Waals surface area (Å²) in [7, 11) is 1.65. The molecule has 1 fully saturated rings. The smallest absolute Gasteiger partial charge is 0.254 e. The maximum atomic E-state index is 12.8. The van der Waals surface area contributed by atoms with Crippen molar-refractivity contribution >= 4 is 5.91 Å². The highest BCUT2D eigenvalue weighted by Crippen LogP contribution is 2.30. The molecule has 0 bridgehead atoms. The first-order valence-electron chi connectivity index (χ1n) is 8.74. The predicted molar refractivity (Wildman–Crippen MR) is 93.3 cm³/mol. The van der Waals surface area contributed by atoms with Gasteiger partial charge in [-0.15, -0.1) is 0 Å². The summed E-state index contributed by atoms with van der Waals surface area (Å²) < 4.78 is 11.0. The molecule has 1 N–H and O–H groups in total. The fraction of sp³-hybridized carbons (Fsp3) is 0.474. The molecule has 1 aromatic carbocycles. The van der Waals surface area contributed by atoms with Gasteiger partial charge in [0.25, 0.3) is 5.91 Å². The Hall–Kier alpha value is -2.34. The number of carbonyl (C=O) groups is 1. The highest BCUT2D eigenvalue weighted by Gasteiger charge is 2.41. The van der Waals surface area contributed by atoms with Gasteiger partial charge in [-0.2, -0.15) is 0 Å². The summed E-state index contributed by atoms with van der Waals surface area (Å²) in [6, 6.07) is 7.82. The van der Waals surface area contributed by atoms with Gasteiger partial charge in [0.05, 0.1) is 25.0 Å². The van der Waals surface area contributed by atoms with Gasteiger partial charge < -0.3 is 19.4 Å². The fourth-order valence-electron chi connectivity index (χ4n) is 3.66. The number of rotatable bonds is 3. The van der Waals surface area contributed by atoms with Crippen molar-refractivity contribution in [1.82, 2.24) is 14.9 Å². The molecule has 2 aliphatic heterocycles. The number of carbonyl (C=O) groups excluding carboxylic acids is 1. The van der Waals surface area contributed by atoms with E-state index in [0.29, 0.717) is 19.7 Å². The minimum atomic E-state index is -0.660. The van der Waals surface area contributed by atoms with Crippen LogP contribution in [-0.2, 0) is 22.5 Å². The lowest BCUT2D eigenvalue weighted by atomic mass is 9.99. The number of nitrogens with zero attached hydrogens (tertiary/aromatic N) is 2. The van der Waals surface area contributed by atoms with Gasteiger partial charge >= 0.3 is 0 Å². The monoisotopic (exact) mass is 341 g/mol. The van der Waals surface area contributed by atoms with Crippen LogP contribution in [0.5, 0.6) is 5.75 Å². The standard InChI is InChI=1S/C19H23N3O3/c1-19(8-4-10-25-19)18(23)22-9-7-15-16(12-22)21-17(20-15)13-5-3-6-14(11-13)24-2/h3,5-6,11H,4,7-10,12H2,1-2H3,(H,20,21)/t19-/m0/s1. The second-order valence-electron chi connectivity index (χ2n) is 6.90. The summed E-state index contributed by atoms with van der Waals surface area (Å²) >= 11 is 0. The van der Waals surface area contributed by atoms with Crippen LogP contribution < -0.4 is 4.74 Å². The summed E-state index contributed by atoms with van der Waals surface area (Å²) in [6.45, 7) is 3.83. The fourth-order valence-corrected chi connectivity index (χ4v) is 3.66. The van der Waals surface area contributed by atoms with Crippen molar-refractivity contribution in [2.75, 3.05) is 20.3 Å². The molecule has 1 saturated heterocycles. The summed E-state index contributed by atoms with van der Waals surface area (Å²) in [5.41, 5.74) is 2.38. The van der Waals surface area contributed by atoms with Crippen LogP contribution in [0.15, 0.2) is 24.3 Å². The molecule has 4 rings (SSSR count). The van der Waals surface area contributed by atoms with Crippen molar-refractivity contribution in [1.29, 1.82) is 0 Å². The molecule has 2 aliphatic rings. The van der Waals surface area contributed by atoms with E-state index >= 15 is 0 Å². The second-order valence-corrected chi connectivity index (χ2v) is 6.90. The Morgan fingerprint density at radius 2 is 2.32 bits per heavy atom. The third-order valence-corrected chi connectivity index (χ3v) is 5.13. The maximum absolute atomic E-state index is 12.8. The van der Waals surface area contributed by atoms with Crippen LogP contribution in [0, 0.1) is 0 Å². The Morgan fingerprint density at radius 3 is 3.08 bits per heavy atom. The number of nitrogens with one attached hydrogen (secondary N) is 1. The van der Waals surface area contributed by atoms with Crippen LogP contribution in [-0.4, -0.2) is 46.6 Å². The number of aromatic nitrogens is 2. The van der Waals surface area contributed by atoms with Gasteiger partial charge in [0.15, 0.2) is 0 Å². The average molecular weight is 341 g/mol. The summed E-state index contributed by atoms with van der Waals surface area (Å²) in [4.78, 5) is 22.8. The van der Waals surface area contributed by atoms with Crippen LogP contribution in [0.1, 0.15) is 31.2 Å². The van der Waals surface area contributed by atoms with E-state index in [4.69, 9.17) is 14.5 Å². The quantitative estimate of drug-likeness (QED) is 0.932. The van der Waals surface area contributed by atoms with Crippen molar-refractivity contribution in [3.63, 3.8) is 0 Å². The van der Waals surface area contributed by atoms with E-state index in [1.54, 1.807) is 7.11 Å². The van der Waals surface area contributed by atoms with Crippen LogP contribution in [0.4, 0.5) is 0 Å². The number of amides is 1. The molecule has 132 valence electrons. The zero-order valence-electron chi connectivity index (χ0n) is 14.7. The molecule has 0 radical (unpaired) electrons. The number of H-pyrrole nitrogens is 1. The van der Waals surface area contributed by atoms with E-state index in [9.17, 15) is 4.79 Å². The van der Waals surface area contributed by atoms with Gasteiger partial charge in [0, 0.05) is 25.1 Å². The first-order valence-corrected chi connectivity index (χ1v) is 8.74. The van der Waals surface area contributed by atoms with Gasteiger partial charge in [-0.25, -0.2) is 4.98 Å². The molecule has 1 amide bonds. The van der Waals surface area contributed by atoms with E-state index in [0.717, 1.165) is 47.8 Å². The van der Waals surface area contributed by atoms with Gasteiger partial charge in [-0.1, -0.05) is 12.1 Å². The Labute approximate surface area is 147 Å². The largest absolute Gasteiger partial charge is 0.497 e. The number of fused-ring (bicyclic) bond motifs is 1. The topological polar surface area (TPSA) is 67.5 Å². The van der Waals surface area contributed by atoms with Gasteiger partial charge in [0.2, 0.25) is 0 Å².